The molecule has 1 aromatic rings. The van der Waals surface area contributed by atoms with E-state index in [1.807, 2.05) is 11.3 Å². The minimum Gasteiger partial charge on any atom is -0.372 e. The molecule has 1 aliphatic rings. The van der Waals surface area contributed by atoms with E-state index in [4.69, 9.17) is 4.74 Å². The molecule has 0 bridgehead atoms. The molecule has 0 fully saturated rings. The van der Waals surface area contributed by atoms with Crippen LogP contribution in [0.4, 0.5) is 0 Å². The van der Waals surface area contributed by atoms with E-state index in [1.54, 1.807) is 0 Å². The van der Waals surface area contributed by atoms with Gasteiger partial charge in [0.2, 0.25) is 0 Å². The Hall–Kier alpha value is -0.380. The molecule has 0 aromatic carbocycles. The average Bonchev–Trinajstić information content (AvgIpc) is 2.59. The molecule has 0 spiro atoms. The monoisotopic (exact) mass is 225 g/mol. The molecule has 3 heteroatoms. The van der Waals surface area contributed by atoms with Crippen LogP contribution in [-0.2, 0) is 11.2 Å². The van der Waals surface area contributed by atoms with Gasteiger partial charge in [-0.3, -0.25) is 0 Å². The van der Waals surface area contributed by atoms with Crippen molar-refractivity contribution in [2.24, 2.45) is 0 Å². The number of nitrogens with one attached hydrogen (secondary N) is 1. The van der Waals surface area contributed by atoms with Gasteiger partial charge in [0, 0.05) is 22.7 Å². The SMILES string of the molecule is CCCNCC1OCCc2sc(C)cc21. The first kappa shape index (κ1) is 11.1. The summed E-state index contributed by atoms with van der Waals surface area (Å²) in [4.78, 5) is 2.94. The van der Waals surface area contributed by atoms with Crippen LogP contribution in [0, 0.1) is 6.92 Å². The van der Waals surface area contributed by atoms with Crippen molar-refractivity contribution in [2.45, 2.75) is 32.8 Å². The summed E-state index contributed by atoms with van der Waals surface area (Å²) in [7, 11) is 0. The number of aryl methyl sites for hydroxylation is 1. The molecule has 15 heavy (non-hydrogen) atoms. The molecule has 0 saturated heterocycles. The van der Waals surface area contributed by atoms with Gasteiger partial charge >= 0.3 is 0 Å². The van der Waals surface area contributed by atoms with Crippen molar-refractivity contribution in [3.05, 3.63) is 21.4 Å². The van der Waals surface area contributed by atoms with Crippen LogP contribution in [0.2, 0.25) is 0 Å². The van der Waals surface area contributed by atoms with E-state index >= 15 is 0 Å². The molecule has 0 saturated carbocycles. The van der Waals surface area contributed by atoms with E-state index in [0.717, 1.165) is 26.1 Å². The van der Waals surface area contributed by atoms with Crippen molar-refractivity contribution in [1.82, 2.24) is 5.32 Å². The van der Waals surface area contributed by atoms with E-state index in [2.05, 4.69) is 25.2 Å². The maximum absolute atomic E-state index is 5.81. The lowest BCUT2D eigenvalue weighted by Gasteiger charge is -2.23. The third-order valence-electron chi connectivity index (χ3n) is 2.72. The molecular formula is C12H19NOS. The quantitative estimate of drug-likeness (QED) is 0.795. The van der Waals surface area contributed by atoms with Gasteiger partial charge < -0.3 is 10.1 Å². The van der Waals surface area contributed by atoms with Gasteiger partial charge in [-0.25, -0.2) is 0 Å². The van der Waals surface area contributed by atoms with Crippen LogP contribution in [0.25, 0.3) is 0 Å². The highest BCUT2D eigenvalue weighted by atomic mass is 32.1. The molecule has 1 aromatic heterocycles. The van der Waals surface area contributed by atoms with Gasteiger partial charge in [-0.15, -0.1) is 11.3 Å². The second-order valence-corrected chi connectivity index (χ2v) is 5.39. The van der Waals surface area contributed by atoms with Gasteiger partial charge in [0.25, 0.3) is 0 Å². The van der Waals surface area contributed by atoms with Crippen molar-refractivity contribution in [2.75, 3.05) is 19.7 Å². The zero-order chi connectivity index (χ0) is 10.7. The second kappa shape index (κ2) is 5.10. The maximum Gasteiger partial charge on any atom is 0.0960 e. The van der Waals surface area contributed by atoms with Gasteiger partial charge in [-0.05, 0) is 31.5 Å². The molecule has 0 aliphatic carbocycles. The van der Waals surface area contributed by atoms with Crippen molar-refractivity contribution >= 4 is 11.3 Å². The zero-order valence-electron chi connectivity index (χ0n) is 9.51. The predicted octanol–water partition coefficient (Wildman–Crippen LogP) is 2.67. The Kier molecular flexibility index (Phi) is 3.78. The first-order chi connectivity index (χ1) is 7.31. The van der Waals surface area contributed by atoms with Crippen LogP contribution in [0.5, 0.6) is 0 Å². The number of rotatable bonds is 4. The third-order valence-corrected chi connectivity index (χ3v) is 3.84. The summed E-state index contributed by atoms with van der Waals surface area (Å²) in [6, 6.07) is 2.29. The molecule has 84 valence electrons. The standard InChI is InChI=1S/C12H19NOS/c1-3-5-13-8-11-10-7-9(2)15-12(10)4-6-14-11/h7,11,13H,3-6,8H2,1-2H3. The molecule has 2 rings (SSSR count). The van der Waals surface area contributed by atoms with Gasteiger partial charge in [-0.1, -0.05) is 6.92 Å². The van der Waals surface area contributed by atoms with E-state index in [-0.39, 0.29) is 6.10 Å². The summed E-state index contributed by atoms with van der Waals surface area (Å²) >= 11 is 1.93. The Morgan fingerprint density at radius 3 is 3.27 bits per heavy atom. The number of ether oxygens (including phenoxy) is 1. The molecule has 1 unspecified atom stereocenters. The normalized spacial score (nSPS) is 20.3. The fraction of sp³-hybridized carbons (Fsp3) is 0.667. The largest absolute Gasteiger partial charge is 0.372 e. The highest BCUT2D eigenvalue weighted by Crippen LogP contribution is 2.32. The molecule has 1 N–H and O–H groups in total. The van der Waals surface area contributed by atoms with Gasteiger partial charge in [0.1, 0.15) is 0 Å². The first-order valence-corrected chi connectivity index (χ1v) is 6.54. The predicted molar refractivity (Wildman–Crippen MR) is 64.6 cm³/mol. The Labute approximate surface area is 95.6 Å². The van der Waals surface area contributed by atoms with Gasteiger partial charge in [-0.2, -0.15) is 0 Å². The second-order valence-electron chi connectivity index (χ2n) is 4.05. The summed E-state index contributed by atoms with van der Waals surface area (Å²) in [6.07, 6.45) is 2.56. The van der Waals surface area contributed by atoms with Gasteiger partial charge in [0.15, 0.2) is 0 Å². The van der Waals surface area contributed by atoms with Crippen LogP contribution in [-0.4, -0.2) is 19.7 Å². The summed E-state index contributed by atoms with van der Waals surface area (Å²) < 4.78 is 5.81. The highest BCUT2D eigenvalue weighted by Gasteiger charge is 2.22. The van der Waals surface area contributed by atoms with E-state index in [9.17, 15) is 0 Å². The minimum absolute atomic E-state index is 0.283. The first-order valence-electron chi connectivity index (χ1n) is 5.72. The van der Waals surface area contributed by atoms with Crippen molar-refractivity contribution in [1.29, 1.82) is 0 Å². The van der Waals surface area contributed by atoms with E-state index < -0.39 is 0 Å². The Morgan fingerprint density at radius 1 is 1.60 bits per heavy atom. The van der Waals surface area contributed by atoms with Crippen LogP contribution in [0.1, 0.15) is 34.8 Å². The van der Waals surface area contributed by atoms with Crippen molar-refractivity contribution < 1.29 is 4.74 Å². The van der Waals surface area contributed by atoms with Crippen molar-refractivity contribution in [3.8, 4) is 0 Å². The average molecular weight is 225 g/mol. The van der Waals surface area contributed by atoms with Crippen molar-refractivity contribution in [3.63, 3.8) is 0 Å². The van der Waals surface area contributed by atoms with Crippen LogP contribution in [0.15, 0.2) is 6.07 Å². The molecule has 1 aliphatic heterocycles. The minimum atomic E-state index is 0.283. The van der Waals surface area contributed by atoms with Crippen LogP contribution in [0.3, 0.4) is 0 Å². The summed E-state index contributed by atoms with van der Waals surface area (Å²) in [5.41, 5.74) is 1.42. The Bertz CT molecular complexity index is 321. The fourth-order valence-corrected chi connectivity index (χ4v) is 3.08. The van der Waals surface area contributed by atoms with Gasteiger partial charge in [0.05, 0.1) is 12.7 Å². The summed E-state index contributed by atoms with van der Waals surface area (Å²) in [5, 5.41) is 3.43. The fourth-order valence-electron chi connectivity index (χ4n) is 2.01. The molecule has 1 atom stereocenters. The van der Waals surface area contributed by atoms with E-state index in [1.165, 1.54) is 21.7 Å². The topological polar surface area (TPSA) is 21.3 Å². The van der Waals surface area contributed by atoms with Crippen LogP contribution < -0.4 is 5.32 Å². The number of hydrogen-bond acceptors (Lipinski definition) is 3. The lowest BCUT2D eigenvalue weighted by molar-refractivity contribution is 0.0439. The highest BCUT2D eigenvalue weighted by molar-refractivity contribution is 7.12. The Balaban J connectivity index is 2.01. The molecule has 0 radical (unpaired) electrons. The maximum atomic E-state index is 5.81. The number of thiophene rings is 1. The molecule has 0 amide bonds. The third kappa shape index (κ3) is 2.60. The van der Waals surface area contributed by atoms with Crippen LogP contribution >= 0.6 is 11.3 Å². The number of hydrogen-bond donors (Lipinski definition) is 1. The zero-order valence-corrected chi connectivity index (χ0v) is 10.3. The smallest absolute Gasteiger partial charge is 0.0960 e. The van der Waals surface area contributed by atoms with E-state index in [0.29, 0.717) is 0 Å². The Morgan fingerprint density at radius 2 is 2.47 bits per heavy atom. The lowest BCUT2D eigenvalue weighted by atomic mass is 10.1. The molecule has 2 heterocycles. The lowest BCUT2D eigenvalue weighted by Crippen LogP contribution is -2.27. The molecular weight excluding hydrogens is 206 g/mol. The number of fused-ring (bicyclic) bond motifs is 1. The molecule has 2 nitrogen and oxygen atoms in total. The summed E-state index contributed by atoms with van der Waals surface area (Å²) in [6.45, 7) is 7.29. The summed E-state index contributed by atoms with van der Waals surface area (Å²) in [5.74, 6) is 0.